The van der Waals surface area contributed by atoms with Crippen molar-refractivity contribution in [3.05, 3.63) is 188 Å². The van der Waals surface area contributed by atoms with Gasteiger partial charge < -0.3 is 14.0 Å². The summed E-state index contributed by atoms with van der Waals surface area (Å²) in [5, 5.41) is 1.02. The van der Waals surface area contributed by atoms with Crippen LogP contribution >= 0.6 is 0 Å². The molecule has 0 atom stereocenters. The third-order valence-corrected chi connectivity index (χ3v) is 9.24. The molecule has 0 bridgehead atoms. The summed E-state index contributed by atoms with van der Waals surface area (Å²) >= 11 is 0. The first-order valence-electron chi connectivity index (χ1n) is 17.5. The van der Waals surface area contributed by atoms with Gasteiger partial charge in [0.25, 0.3) is 0 Å². The normalized spacial score (nSPS) is 11.2. The minimum absolute atomic E-state index is 0. The number of furan rings is 1. The van der Waals surface area contributed by atoms with E-state index in [1.807, 2.05) is 48.5 Å². The average molecular weight is 864 g/mol. The first-order chi connectivity index (χ1) is 25.5. The van der Waals surface area contributed by atoms with E-state index in [0.29, 0.717) is 0 Å². The van der Waals surface area contributed by atoms with Gasteiger partial charge >= 0.3 is 0 Å². The van der Waals surface area contributed by atoms with Crippen molar-refractivity contribution in [1.82, 2.24) is 14.5 Å². The van der Waals surface area contributed by atoms with Crippen molar-refractivity contribution >= 4 is 22.0 Å². The Morgan fingerprint density at radius 2 is 1.30 bits per heavy atom. The Labute approximate surface area is 324 Å². The first-order valence-corrected chi connectivity index (χ1v) is 17.5. The van der Waals surface area contributed by atoms with Crippen LogP contribution < -0.4 is 0 Å². The number of para-hydroxylation sites is 3. The van der Waals surface area contributed by atoms with Crippen LogP contribution in [0.15, 0.2) is 174 Å². The molecule has 9 rings (SSSR count). The molecule has 53 heavy (non-hydrogen) atoms. The molecule has 0 spiro atoms. The topological polar surface area (TPSA) is 43.9 Å². The monoisotopic (exact) mass is 864 g/mol. The molecule has 9 aromatic rings. The zero-order chi connectivity index (χ0) is 35.5. The molecule has 3 heterocycles. The van der Waals surface area contributed by atoms with Crippen molar-refractivity contribution in [2.45, 2.75) is 26.2 Å². The van der Waals surface area contributed by atoms with E-state index in [0.717, 1.165) is 72.6 Å². The van der Waals surface area contributed by atoms with Crippen LogP contribution in [0.4, 0.5) is 0 Å². The van der Waals surface area contributed by atoms with E-state index in [9.17, 15) is 0 Å². The minimum Gasteiger partial charge on any atom is -0.557 e. The predicted octanol–water partition coefficient (Wildman–Crippen LogP) is 12.4. The number of benzene rings is 6. The zero-order valence-electron chi connectivity index (χ0n) is 29.7. The summed E-state index contributed by atoms with van der Waals surface area (Å²) in [6, 6.07) is 59.3. The maximum absolute atomic E-state index is 6.01. The maximum Gasteiger partial charge on any atom is 0.0774 e. The molecule has 0 fully saturated rings. The minimum atomic E-state index is 0. The van der Waals surface area contributed by atoms with Crippen LogP contribution in [0.5, 0.6) is 0 Å². The van der Waals surface area contributed by atoms with E-state index in [2.05, 4.69) is 158 Å². The third kappa shape index (κ3) is 7.27. The number of hydrogen-bond donors (Lipinski definition) is 0. The molecule has 0 N–H and O–H groups in total. The predicted molar refractivity (Wildman–Crippen MR) is 213 cm³/mol. The quantitative estimate of drug-likeness (QED) is 0.162. The molecular weight excluding hydrogens is 827 g/mol. The average Bonchev–Trinajstić information content (AvgIpc) is 3.80. The van der Waals surface area contributed by atoms with Gasteiger partial charge in [-0.2, -0.15) is 0 Å². The Bertz CT molecular complexity index is 2490. The molecule has 3 aromatic heterocycles. The van der Waals surface area contributed by atoms with Gasteiger partial charge in [-0.15, -0.1) is 35.9 Å². The molecule has 4 nitrogen and oxygen atoms in total. The molecular formula is C48H37IrN3O-2. The maximum atomic E-state index is 6.01. The number of nitrogens with zero attached hydrogens (tertiary/aromatic N) is 3. The Balaban J connectivity index is 0.000000284. The van der Waals surface area contributed by atoms with Crippen LogP contribution in [0.1, 0.15) is 26.3 Å². The molecule has 1 radical (unpaired) electrons. The molecule has 0 amide bonds. The number of aromatic nitrogens is 3. The molecule has 0 aliphatic carbocycles. The standard InChI is InChI=1S/C37H29N2O.C11H8N.Ir/c1-37(2,3)27-21-22-34-30(23-27)31(24-40-34)36-38-32-19-10-11-20-33(32)39(36)35-28(25-13-6-4-7-14-25)17-12-18-29(35)26-15-8-5-9-16-26;1-2-6-10(7-3-1)11-8-4-5-9-12-11;/h4-23H,1-3H3;1-6,8-9H;/q2*-1;. The van der Waals surface area contributed by atoms with Crippen LogP contribution in [0.2, 0.25) is 0 Å². The van der Waals surface area contributed by atoms with Gasteiger partial charge in [-0.25, -0.2) is 0 Å². The molecule has 0 saturated heterocycles. The van der Waals surface area contributed by atoms with Gasteiger partial charge in [0.15, 0.2) is 0 Å². The number of pyridine rings is 1. The largest absolute Gasteiger partial charge is 0.557 e. The van der Waals surface area contributed by atoms with Gasteiger partial charge in [0, 0.05) is 49.3 Å². The molecule has 0 aliphatic rings. The Kier molecular flexibility index (Phi) is 10.3. The fourth-order valence-electron chi connectivity index (χ4n) is 6.59. The van der Waals surface area contributed by atoms with Gasteiger partial charge in [0.1, 0.15) is 0 Å². The summed E-state index contributed by atoms with van der Waals surface area (Å²) in [4.78, 5) is 9.43. The van der Waals surface area contributed by atoms with Gasteiger partial charge in [0.2, 0.25) is 0 Å². The van der Waals surface area contributed by atoms with E-state index in [-0.39, 0.29) is 25.5 Å². The van der Waals surface area contributed by atoms with Gasteiger partial charge in [-0.1, -0.05) is 159 Å². The second-order valence-corrected chi connectivity index (χ2v) is 13.7. The van der Waals surface area contributed by atoms with Crippen LogP contribution in [0.25, 0.3) is 72.6 Å². The van der Waals surface area contributed by atoms with E-state index in [4.69, 9.17) is 9.40 Å². The smallest absolute Gasteiger partial charge is 0.0774 e. The third-order valence-electron chi connectivity index (χ3n) is 9.24. The van der Waals surface area contributed by atoms with Crippen LogP contribution in [0.3, 0.4) is 0 Å². The van der Waals surface area contributed by atoms with Crippen LogP contribution in [0, 0.1) is 12.3 Å². The number of imidazole rings is 1. The molecule has 6 aromatic carbocycles. The second-order valence-electron chi connectivity index (χ2n) is 13.7. The Hall–Kier alpha value is -5.87. The Morgan fingerprint density at radius 3 is 1.94 bits per heavy atom. The first kappa shape index (κ1) is 35.5. The second kappa shape index (κ2) is 15.4. The van der Waals surface area contributed by atoms with Crippen molar-refractivity contribution < 1.29 is 24.5 Å². The van der Waals surface area contributed by atoms with Gasteiger partial charge in [0.05, 0.1) is 22.5 Å². The summed E-state index contributed by atoms with van der Waals surface area (Å²) in [6.07, 6.45) is 5.03. The van der Waals surface area contributed by atoms with E-state index in [1.54, 1.807) is 6.20 Å². The van der Waals surface area contributed by atoms with Crippen molar-refractivity contribution in [3.8, 4) is 50.6 Å². The van der Waals surface area contributed by atoms with Gasteiger partial charge in [-0.05, 0) is 40.4 Å². The SMILES string of the molecule is CC(C)(C)c1ccc2o[c-]c(-c3nc4ccccc4n3-c3c(-c4ccccc4)cccc3-c3ccccc3)c2c1.[Ir].[c-]1ccccc1-c1ccccn1. The molecule has 261 valence electrons. The number of hydrogen-bond acceptors (Lipinski definition) is 3. The molecule has 0 aliphatic heterocycles. The molecule has 0 unspecified atom stereocenters. The number of fused-ring (bicyclic) bond motifs is 2. The van der Waals surface area contributed by atoms with Crippen LogP contribution in [-0.4, -0.2) is 14.5 Å². The van der Waals surface area contributed by atoms with E-state index in [1.165, 1.54) is 5.56 Å². The van der Waals surface area contributed by atoms with Gasteiger partial charge in [-0.3, -0.25) is 4.98 Å². The van der Waals surface area contributed by atoms with Crippen molar-refractivity contribution in [1.29, 1.82) is 0 Å². The fourth-order valence-corrected chi connectivity index (χ4v) is 6.59. The Morgan fingerprint density at radius 1 is 0.642 bits per heavy atom. The van der Waals surface area contributed by atoms with Crippen molar-refractivity contribution in [2.75, 3.05) is 0 Å². The van der Waals surface area contributed by atoms with E-state index >= 15 is 0 Å². The fraction of sp³-hybridized carbons (Fsp3) is 0.0833. The van der Waals surface area contributed by atoms with E-state index < -0.39 is 0 Å². The summed E-state index contributed by atoms with van der Waals surface area (Å²) < 4.78 is 8.31. The summed E-state index contributed by atoms with van der Waals surface area (Å²) in [7, 11) is 0. The number of rotatable bonds is 5. The van der Waals surface area contributed by atoms with Crippen LogP contribution in [-0.2, 0) is 25.5 Å². The van der Waals surface area contributed by atoms with Crippen molar-refractivity contribution in [2.24, 2.45) is 0 Å². The summed E-state index contributed by atoms with van der Waals surface area (Å²) in [5.41, 5.74) is 12.5. The molecule has 5 heteroatoms. The zero-order valence-corrected chi connectivity index (χ0v) is 32.1. The summed E-state index contributed by atoms with van der Waals surface area (Å²) in [5.74, 6) is 0.812. The summed E-state index contributed by atoms with van der Waals surface area (Å²) in [6.45, 7) is 6.69. The van der Waals surface area contributed by atoms with Crippen molar-refractivity contribution in [3.63, 3.8) is 0 Å². The molecule has 0 saturated carbocycles.